The fourth-order valence-electron chi connectivity index (χ4n) is 5.29. The van der Waals surface area contributed by atoms with Gasteiger partial charge in [0.2, 0.25) is 0 Å². The van der Waals surface area contributed by atoms with Crippen LogP contribution in [0, 0.1) is 23.7 Å². The van der Waals surface area contributed by atoms with E-state index in [0.29, 0.717) is 0 Å². The highest BCUT2D eigenvalue weighted by atomic mass is 16.4. The first-order chi connectivity index (χ1) is 12.0. The second kappa shape index (κ2) is 8.00. The van der Waals surface area contributed by atoms with Crippen LogP contribution in [0.1, 0.15) is 37.7 Å². The Morgan fingerprint density at radius 3 is 1.88 bits per heavy atom. The summed E-state index contributed by atoms with van der Waals surface area (Å²) in [6, 6.07) is 11.7. The molecule has 0 heterocycles. The smallest absolute Gasteiger partial charge is 0.414 e. The van der Waals surface area contributed by atoms with Crippen molar-refractivity contribution in [2.75, 3.05) is 6.54 Å². The van der Waals surface area contributed by atoms with Gasteiger partial charge in [-0.15, -0.1) is 0 Å². The molecule has 5 heteroatoms. The highest BCUT2D eigenvalue weighted by Gasteiger charge is 2.47. The van der Waals surface area contributed by atoms with Gasteiger partial charge in [-0.05, 0) is 74.3 Å². The van der Waals surface area contributed by atoms with Gasteiger partial charge in [-0.25, -0.2) is 9.59 Å². The van der Waals surface area contributed by atoms with Crippen molar-refractivity contribution in [2.24, 2.45) is 23.7 Å². The molecule has 1 aromatic carbocycles. The van der Waals surface area contributed by atoms with Crippen molar-refractivity contribution in [1.82, 2.24) is 5.32 Å². The third-order valence-electron chi connectivity index (χ3n) is 6.05. The summed E-state index contributed by atoms with van der Waals surface area (Å²) >= 11 is 0. The number of hydrogen-bond acceptors (Lipinski definition) is 3. The molecule has 0 radical (unpaired) electrons. The Morgan fingerprint density at radius 2 is 1.40 bits per heavy atom. The van der Waals surface area contributed by atoms with Crippen molar-refractivity contribution in [2.45, 2.75) is 44.6 Å². The van der Waals surface area contributed by atoms with Crippen LogP contribution in [0.4, 0.5) is 0 Å². The summed E-state index contributed by atoms with van der Waals surface area (Å²) in [7, 11) is 0. The van der Waals surface area contributed by atoms with Crippen LogP contribution in [-0.4, -0.2) is 34.7 Å². The Bertz CT molecular complexity index is 561. The fraction of sp³-hybridized carbons (Fsp3) is 0.600. The second-order valence-electron chi connectivity index (χ2n) is 7.76. The van der Waals surface area contributed by atoms with Crippen molar-refractivity contribution < 1.29 is 19.8 Å². The first kappa shape index (κ1) is 17.9. The van der Waals surface area contributed by atoms with Crippen LogP contribution in [0.2, 0.25) is 0 Å². The van der Waals surface area contributed by atoms with E-state index in [2.05, 4.69) is 35.6 Å². The average Bonchev–Trinajstić information content (AvgIpc) is 2.58. The zero-order chi connectivity index (χ0) is 17.8. The zero-order valence-corrected chi connectivity index (χ0v) is 14.4. The van der Waals surface area contributed by atoms with Gasteiger partial charge in [0.1, 0.15) is 0 Å². The van der Waals surface area contributed by atoms with Crippen LogP contribution in [-0.2, 0) is 16.0 Å². The van der Waals surface area contributed by atoms with E-state index in [0.717, 1.165) is 36.3 Å². The van der Waals surface area contributed by atoms with Crippen molar-refractivity contribution in [1.29, 1.82) is 0 Å². The number of carboxylic acids is 2. The number of hydrogen-bond donors (Lipinski definition) is 3. The Kier molecular flexibility index (Phi) is 5.74. The van der Waals surface area contributed by atoms with Crippen molar-refractivity contribution in [3.05, 3.63) is 35.9 Å². The van der Waals surface area contributed by atoms with E-state index in [-0.39, 0.29) is 0 Å². The lowest BCUT2D eigenvalue weighted by Gasteiger charge is -2.54. The number of benzene rings is 1. The molecule has 4 bridgehead atoms. The highest BCUT2D eigenvalue weighted by Crippen LogP contribution is 2.53. The van der Waals surface area contributed by atoms with Crippen LogP contribution < -0.4 is 5.32 Å². The van der Waals surface area contributed by atoms with Crippen molar-refractivity contribution in [3.63, 3.8) is 0 Å². The Morgan fingerprint density at radius 1 is 0.880 bits per heavy atom. The second-order valence-corrected chi connectivity index (χ2v) is 7.76. The largest absolute Gasteiger partial charge is 0.473 e. The molecule has 5 rings (SSSR count). The van der Waals surface area contributed by atoms with E-state index >= 15 is 0 Å². The molecule has 0 atom stereocenters. The monoisotopic (exact) mass is 345 g/mol. The minimum absolute atomic E-state index is 0.844. The van der Waals surface area contributed by atoms with Crippen molar-refractivity contribution >= 4 is 11.9 Å². The minimum Gasteiger partial charge on any atom is -0.473 e. The molecule has 4 saturated carbocycles. The summed E-state index contributed by atoms with van der Waals surface area (Å²) in [5.41, 5.74) is 1.47. The van der Waals surface area contributed by atoms with Gasteiger partial charge in [0, 0.05) is 6.04 Å². The standard InChI is InChI=1S/C18H25N.C2H2O4/c1-2-4-13(5-3-1)6-7-19-18-16-9-14-8-15(11-16)12-17(18)10-14;3-1(4)2(5)6/h1-5,14-19H,6-12H2;(H,3,4)(H,5,6). The first-order valence-corrected chi connectivity index (χ1v) is 9.26. The van der Waals surface area contributed by atoms with Crippen LogP contribution in [0.15, 0.2) is 30.3 Å². The Hall–Kier alpha value is -1.88. The molecule has 3 N–H and O–H groups in total. The molecule has 0 unspecified atom stereocenters. The predicted molar refractivity (Wildman–Crippen MR) is 94.3 cm³/mol. The molecule has 4 aliphatic rings. The molecule has 0 amide bonds. The maximum atomic E-state index is 9.10. The molecule has 0 aliphatic heterocycles. The molecule has 4 aliphatic carbocycles. The molecule has 1 aromatic rings. The molecule has 0 spiro atoms. The lowest BCUT2D eigenvalue weighted by atomic mass is 9.54. The summed E-state index contributed by atoms with van der Waals surface area (Å²) in [5, 5.41) is 18.7. The van der Waals surface area contributed by atoms with E-state index in [1.165, 1.54) is 37.7 Å². The van der Waals surface area contributed by atoms with E-state index in [1.807, 2.05) is 0 Å². The van der Waals surface area contributed by atoms with E-state index in [9.17, 15) is 0 Å². The van der Waals surface area contributed by atoms with E-state index in [4.69, 9.17) is 19.8 Å². The quantitative estimate of drug-likeness (QED) is 0.731. The van der Waals surface area contributed by atoms with Gasteiger partial charge in [0.05, 0.1) is 0 Å². The fourth-order valence-corrected chi connectivity index (χ4v) is 5.29. The lowest BCUT2D eigenvalue weighted by molar-refractivity contribution is -0.159. The summed E-state index contributed by atoms with van der Waals surface area (Å²) in [6.07, 6.45) is 8.84. The normalized spacial score (nSPS) is 31.9. The Balaban J connectivity index is 0.000000265. The molecule has 4 fully saturated rings. The molecule has 136 valence electrons. The number of aliphatic carboxylic acids is 2. The van der Waals surface area contributed by atoms with Crippen LogP contribution in [0.5, 0.6) is 0 Å². The summed E-state index contributed by atoms with van der Waals surface area (Å²) < 4.78 is 0. The van der Waals surface area contributed by atoms with Gasteiger partial charge in [-0.3, -0.25) is 0 Å². The minimum atomic E-state index is -1.82. The van der Waals surface area contributed by atoms with Crippen LogP contribution in [0.25, 0.3) is 0 Å². The van der Waals surface area contributed by atoms with Gasteiger partial charge in [-0.1, -0.05) is 30.3 Å². The maximum absolute atomic E-state index is 9.10. The molecule has 0 saturated heterocycles. The zero-order valence-electron chi connectivity index (χ0n) is 14.4. The molecular formula is C20H27NO4. The first-order valence-electron chi connectivity index (χ1n) is 9.26. The molecule has 25 heavy (non-hydrogen) atoms. The maximum Gasteiger partial charge on any atom is 0.414 e. The topological polar surface area (TPSA) is 86.6 Å². The third-order valence-corrected chi connectivity index (χ3v) is 6.05. The predicted octanol–water partition coefficient (Wildman–Crippen LogP) is 2.80. The number of rotatable bonds is 4. The summed E-state index contributed by atoms with van der Waals surface area (Å²) in [6.45, 7) is 1.16. The lowest BCUT2D eigenvalue weighted by Crippen LogP contribution is -2.54. The van der Waals surface area contributed by atoms with E-state index < -0.39 is 11.9 Å². The number of carboxylic acid groups (broad SMARTS) is 2. The van der Waals surface area contributed by atoms with Gasteiger partial charge >= 0.3 is 11.9 Å². The van der Waals surface area contributed by atoms with Gasteiger partial charge < -0.3 is 15.5 Å². The molecular weight excluding hydrogens is 318 g/mol. The Labute approximate surface area is 148 Å². The van der Waals surface area contributed by atoms with Gasteiger partial charge in [0.25, 0.3) is 0 Å². The number of nitrogens with one attached hydrogen (secondary N) is 1. The van der Waals surface area contributed by atoms with Gasteiger partial charge in [0.15, 0.2) is 0 Å². The molecule has 0 aromatic heterocycles. The summed E-state index contributed by atoms with van der Waals surface area (Å²) in [4.78, 5) is 18.2. The summed E-state index contributed by atoms with van der Waals surface area (Å²) in [5.74, 6) is 0.549. The van der Waals surface area contributed by atoms with Gasteiger partial charge in [-0.2, -0.15) is 0 Å². The SMILES string of the molecule is O=C(O)C(=O)O.c1ccc(CCNC2C3CC4CC(C3)CC2C4)cc1. The molecule has 5 nitrogen and oxygen atoms in total. The number of carbonyl (C=O) groups is 2. The third kappa shape index (κ3) is 4.60. The van der Waals surface area contributed by atoms with Crippen LogP contribution >= 0.6 is 0 Å². The highest BCUT2D eigenvalue weighted by molar-refractivity contribution is 6.27. The van der Waals surface area contributed by atoms with Crippen molar-refractivity contribution in [3.8, 4) is 0 Å². The van der Waals surface area contributed by atoms with E-state index in [1.54, 1.807) is 6.42 Å². The average molecular weight is 345 g/mol. The van der Waals surface area contributed by atoms with Crippen LogP contribution in [0.3, 0.4) is 0 Å².